The Balaban J connectivity index is 1.88. The Bertz CT molecular complexity index is 764. The summed E-state index contributed by atoms with van der Waals surface area (Å²) in [5, 5.41) is 0. The van der Waals surface area contributed by atoms with E-state index in [1.165, 1.54) is 0 Å². The highest BCUT2D eigenvalue weighted by Crippen LogP contribution is 2.22. The topological polar surface area (TPSA) is 27.1 Å². The number of para-hydroxylation sites is 1. The van der Waals surface area contributed by atoms with Crippen molar-refractivity contribution in [2.75, 3.05) is 0 Å². The molecule has 0 N–H and O–H groups in total. The summed E-state index contributed by atoms with van der Waals surface area (Å²) in [5.74, 6) is 1.82. The Morgan fingerprint density at radius 2 is 2.00 bits per heavy atom. The van der Waals surface area contributed by atoms with Crippen LogP contribution < -0.4 is 4.74 Å². The predicted octanol–water partition coefficient (Wildman–Crippen LogP) is 4.22. The van der Waals surface area contributed by atoms with Crippen molar-refractivity contribution in [3.8, 4) is 5.75 Å². The summed E-state index contributed by atoms with van der Waals surface area (Å²) in [6, 6.07) is 14.1. The number of rotatable bonds is 3. The van der Waals surface area contributed by atoms with Gasteiger partial charge in [-0.1, -0.05) is 34.1 Å². The van der Waals surface area contributed by atoms with Gasteiger partial charge in [-0.3, -0.25) is 0 Å². The second-order valence-electron chi connectivity index (χ2n) is 4.77. The second kappa shape index (κ2) is 5.29. The minimum atomic E-state index is 0.466. The molecule has 1 heterocycles. The monoisotopic (exact) mass is 330 g/mol. The maximum atomic E-state index is 5.87. The van der Waals surface area contributed by atoms with E-state index in [4.69, 9.17) is 4.74 Å². The summed E-state index contributed by atoms with van der Waals surface area (Å²) in [6.45, 7) is 2.51. The molecule has 20 heavy (non-hydrogen) atoms. The molecule has 1 aromatic heterocycles. The van der Waals surface area contributed by atoms with E-state index in [0.717, 1.165) is 32.6 Å². The molecule has 0 bridgehead atoms. The van der Waals surface area contributed by atoms with Crippen LogP contribution >= 0.6 is 15.9 Å². The third kappa shape index (κ3) is 2.43. The van der Waals surface area contributed by atoms with Crippen molar-refractivity contribution in [2.45, 2.75) is 13.5 Å². The molecule has 0 saturated carbocycles. The number of aryl methyl sites for hydroxylation is 2. The summed E-state index contributed by atoms with van der Waals surface area (Å²) in [7, 11) is 2.01. The van der Waals surface area contributed by atoms with E-state index < -0.39 is 0 Å². The number of imidazole rings is 1. The minimum absolute atomic E-state index is 0.466. The first kappa shape index (κ1) is 13.2. The van der Waals surface area contributed by atoms with Crippen molar-refractivity contribution in [3.05, 3.63) is 58.3 Å². The van der Waals surface area contributed by atoms with Gasteiger partial charge in [-0.15, -0.1) is 0 Å². The first-order valence-corrected chi connectivity index (χ1v) is 7.24. The minimum Gasteiger partial charge on any atom is -0.485 e. The van der Waals surface area contributed by atoms with E-state index in [1.807, 2.05) is 50.4 Å². The fraction of sp³-hybridized carbons (Fsp3) is 0.188. The molecule has 0 aliphatic carbocycles. The Morgan fingerprint density at radius 3 is 2.80 bits per heavy atom. The summed E-state index contributed by atoms with van der Waals surface area (Å²) in [4.78, 5) is 4.62. The van der Waals surface area contributed by atoms with Crippen LogP contribution in [0.2, 0.25) is 0 Å². The Morgan fingerprint density at radius 1 is 1.20 bits per heavy atom. The molecule has 0 aliphatic rings. The Labute approximate surface area is 126 Å². The summed E-state index contributed by atoms with van der Waals surface area (Å²) < 4.78 is 8.99. The lowest BCUT2D eigenvalue weighted by Gasteiger charge is -2.08. The van der Waals surface area contributed by atoms with Gasteiger partial charge in [0.25, 0.3) is 0 Å². The standard InChI is InChI=1S/C16H15BrN2O/c1-11-5-3-4-6-15(11)20-10-16-18-13-8-7-12(17)9-14(13)19(16)2/h3-9H,10H2,1-2H3. The molecule has 2 aromatic carbocycles. The molecule has 3 nitrogen and oxygen atoms in total. The summed E-state index contributed by atoms with van der Waals surface area (Å²) in [6.07, 6.45) is 0. The lowest BCUT2D eigenvalue weighted by Crippen LogP contribution is -2.04. The Kier molecular flexibility index (Phi) is 3.49. The number of hydrogen-bond donors (Lipinski definition) is 0. The SMILES string of the molecule is Cc1ccccc1OCc1nc2ccc(Br)cc2n1C. The molecule has 3 rings (SSSR count). The molecule has 0 unspecified atom stereocenters. The number of fused-ring (bicyclic) bond motifs is 1. The van der Waals surface area contributed by atoms with Crippen molar-refractivity contribution < 1.29 is 4.74 Å². The van der Waals surface area contributed by atoms with Gasteiger partial charge in [-0.25, -0.2) is 4.98 Å². The molecule has 0 fully saturated rings. The summed E-state index contributed by atoms with van der Waals surface area (Å²) >= 11 is 3.49. The van der Waals surface area contributed by atoms with E-state index in [9.17, 15) is 0 Å². The molecule has 0 aliphatic heterocycles. The highest BCUT2D eigenvalue weighted by Gasteiger charge is 2.09. The van der Waals surface area contributed by atoms with Gasteiger partial charge in [-0.05, 0) is 36.8 Å². The maximum Gasteiger partial charge on any atom is 0.147 e. The van der Waals surface area contributed by atoms with E-state index in [0.29, 0.717) is 6.61 Å². The van der Waals surface area contributed by atoms with E-state index in [1.54, 1.807) is 0 Å². The third-order valence-corrected chi connectivity index (χ3v) is 3.88. The highest BCUT2D eigenvalue weighted by molar-refractivity contribution is 9.10. The number of nitrogens with zero attached hydrogens (tertiary/aromatic N) is 2. The number of halogens is 1. The third-order valence-electron chi connectivity index (χ3n) is 3.39. The first-order valence-electron chi connectivity index (χ1n) is 6.44. The van der Waals surface area contributed by atoms with Crippen LogP contribution in [0.25, 0.3) is 11.0 Å². The molecule has 0 amide bonds. The fourth-order valence-corrected chi connectivity index (χ4v) is 2.55. The van der Waals surface area contributed by atoms with Gasteiger partial charge in [0.2, 0.25) is 0 Å². The Hall–Kier alpha value is -1.81. The van der Waals surface area contributed by atoms with Crippen LogP contribution in [0.5, 0.6) is 5.75 Å². The molecule has 102 valence electrons. The first-order chi connectivity index (χ1) is 9.65. The predicted molar refractivity (Wildman–Crippen MR) is 83.9 cm³/mol. The molecule has 0 radical (unpaired) electrons. The van der Waals surface area contributed by atoms with Crippen molar-refractivity contribution in [1.82, 2.24) is 9.55 Å². The van der Waals surface area contributed by atoms with Crippen LogP contribution in [0.3, 0.4) is 0 Å². The average molecular weight is 331 g/mol. The number of benzene rings is 2. The fourth-order valence-electron chi connectivity index (χ4n) is 2.20. The average Bonchev–Trinajstić information content (AvgIpc) is 2.75. The lowest BCUT2D eigenvalue weighted by atomic mass is 10.2. The number of hydrogen-bond acceptors (Lipinski definition) is 2. The van der Waals surface area contributed by atoms with Crippen molar-refractivity contribution >= 4 is 27.0 Å². The molecule has 0 atom stereocenters. The van der Waals surface area contributed by atoms with Gasteiger partial charge in [0.1, 0.15) is 18.2 Å². The highest BCUT2D eigenvalue weighted by atomic mass is 79.9. The van der Waals surface area contributed by atoms with E-state index in [-0.39, 0.29) is 0 Å². The van der Waals surface area contributed by atoms with Crippen LogP contribution in [0.4, 0.5) is 0 Å². The van der Waals surface area contributed by atoms with Gasteiger partial charge in [0.15, 0.2) is 0 Å². The van der Waals surface area contributed by atoms with Gasteiger partial charge in [0.05, 0.1) is 11.0 Å². The molecular weight excluding hydrogens is 316 g/mol. The van der Waals surface area contributed by atoms with Crippen molar-refractivity contribution in [1.29, 1.82) is 0 Å². The second-order valence-corrected chi connectivity index (χ2v) is 5.69. The van der Waals surface area contributed by atoms with Crippen LogP contribution in [-0.4, -0.2) is 9.55 Å². The van der Waals surface area contributed by atoms with E-state index in [2.05, 4.69) is 31.5 Å². The molecular formula is C16H15BrN2O. The maximum absolute atomic E-state index is 5.87. The van der Waals surface area contributed by atoms with Crippen LogP contribution in [0, 0.1) is 6.92 Å². The zero-order valence-corrected chi connectivity index (χ0v) is 13.0. The lowest BCUT2D eigenvalue weighted by molar-refractivity contribution is 0.290. The molecule has 3 aromatic rings. The van der Waals surface area contributed by atoms with Crippen molar-refractivity contribution in [2.24, 2.45) is 7.05 Å². The number of ether oxygens (including phenoxy) is 1. The van der Waals surface area contributed by atoms with Gasteiger partial charge in [0, 0.05) is 11.5 Å². The van der Waals surface area contributed by atoms with Gasteiger partial charge < -0.3 is 9.30 Å². The quantitative estimate of drug-likeness (QED) is 0.718. The largest absolute Gasteiger partial charge is 0.485 e. The normalized spacial score (nSPS) is 10.9. The molecule has 0 spiro atoms. The number of aromatic nitrogens is 2. The van der Waals surface area contributed by atoms with Gasteiger partial charge in [-0.2, -0.15) is 0 Å². The van der Waals surface area contributed by atoms with E-state index >= 15 is 0 Å². The smallest absolute Gasteiger partial charge is 0.147 e. The zero-order chi connectivity index (χ0) is 14.1. The molecule has 0 saturated heterocycles. The van der Waals surface area contributed by atoms with Crippen LogP contribution in [0.15, 0.2) is 46.9 Å². The molecule has 4 heteroatoms. The van der Waals surface area contributed by atoms with Crippen LogP contribution in [0.1, 0.15) is 11.4 Å². The van der Waals surface area contributed by atoms with Crippen LogP contribution in [-0.2, 0) is 13.7 Å². The summed E-state index contributed by atoms with van der Waals surface area (Å²) in [5.41, 5.74) is 3.22. The van der Waals surface area contributed by atoms with Crippen molar-refractivity contribution in [3.63, 3.8) is 0 Å². The van der Waals surface area contributed by atoms with Gasteiger partial charge >= 0.3 is 0 Å². The zero-order valence-electron chi connectivity index (χ0n) is 11.4.